The number of nitrogens with zero attached hydrogens (tertiary/aromatic N) is 3. The van der Waals surface area contributed by atoms with Crippen LogP contribution in [-0.4, -0.2) is 42.0 Å². The standard InChI is InChI=1S/C23H19FN4O6S2/c1-13(2)36(31,32)23-27-22(35-28-23)26-20(29)16(12-25)10-14-4-9-18(19(11-14)33-3)34-21(30)15-5-7-17(24)8-6-15/h4-11,13H,1-3H3,(H,26,27,28,29)/b16-10-. The fraction of sp³-hybridized carbons (Fsp3) is 0.174. The second kappa shape index (κ2) is 11.1. The highest BCUT2D eigenvalue weighted by molar-refractivity contribution is 7.91. The molecule has 1 N–H and O–H groups in total. The molecule has 0 radical (unpaired) electrons. The van der Waals surface area contributed by atoms with Gasteiger partial charge in [-0.05, 0) is 61.9 Å². The first kappa shape index (κ1) is 26.5. The Morgan fingerprint density at radius 1 is 1.17 bits per heavy atom. The number of carbonyl (C=O) groups is 2. The number of amides is 1. The second-order valence-corrected chi connectivity index (χ2v) is 10.6. The van der Waals surface area contributed by atoms with Crippen LogP contribution in [0.4, 0.5) is 9.52 Å². The van der Waals surface area contributed by atoms with Gasteiger partial charge in [0.2, 0.25) is 15.0 Å². The third kappa shape index (κ3) is 6.09. The van der Waals surface area contributed by atoms with Crippen molar-refractivity contribution in [1.29, 1.82) is 5.26 Å². The maximum Gasteiger partial charge on any atom is 0.343 e. The molecule has 13 heteroatoms. The van der Waals surface area contributed by atoms with E-state index in [4.69, 9.17) is 9.47 Å². The lowest BCUT2D eigenvalue weighted by molar-refractivity contribution is -0.112. The number of methoxy groups -OCH3 is 1. The van der Waals surface area contributed by atoms with Crippen LogP contribution in [0, 0.1) is 17.1 Å². The SMILES string of the molecule is COc1cc(/C=C(/C#N)C(=O)Nc2nc(S(=O)(=O)C(C)C)ns2)ccc1OC(=O)c1ccc(F)cc1. The monoisotopic (exact) mass is 530 g/mol. The van der Waals surface area contributed by atoms with Gasteiger partial charge in [0.15, 0.2) is 11.5 Å². The van der Waals surface area contributed by atoms with Crippen molar-refractivity contribution in [2.75, 3.05) is 12.4 Å². The molecule has 0 saturated carbocycles. The van der Waals surface area contributed by atoms with Crippen LogP contribution in [0.5, 0.6) is 11.5 Å². The van der Waals surface area contributed by atoms with E-state index < -0.39 is 37.9 Å². The topological polar surface area (TPSA) is 148 Å². The number of benzene rings is 2. The number of nitrogens with one attached hydrogen (secondary N) is 1. The van der Waals surface area contributed by atoms with E-state index in [-0.39, 0.29) is 27.8 Å². The van der Waals surface area contributed by atoms with Gasteiger partial charge >= 0.3 is 5.97 Å². The van der Waals surface area contributed by atoms with Crippen LogP contribution in [0.15, 0.2) is 53.2 Å². The van der Waals surface area contributed by atoms with Crippen molar-refractivity contribution >= 4 is 44.5 Å². The van der Waals surface area contributed by atoms with E-state index in [9.17, 15) is 27.7 Å². The molecular formula is C23H19FN4O6S2. The van der Waals surface area contributed by atoms with Gasteiger partial charge in [-0.15, -0.1) is 0 Å². The first-order valence-electron chi connectivity index (χ1n) is 10.2. The quantitative estimate of drug-likeness (QED) is 0.199. The summed E-state index contributed by atoms with van der Waals surface area (Å²) in [6.07, 6.45) is 1.26. The molecule has 0 bridgehead atoms. The lowest BCUT2D eigenvalue weighted by Crippen LogP contribution is -2.16. The number of aromatic nitrogens is 2. The highest BCUT2D eigenvalue weighted by atomic mass is 32.2. The van der Waals surface area contributed by atoms with Crippen LogP contribution in [0.2, 0.25) is 0 Å². The van der Waals surface area contributed by atoms with Crippen molar-refractivity contribution in [3.8, 4) is 17.6 Å². The molecule has 186 valence electrons. The number of halogens is 1. The lowest BCUT2D eigenvalue weighted by Gasteiger charge is -2.10. The van der Waals surface area contributed by atoms with Crippen LogP contribution in [0.1, 0.15) is 29.8 Å². The summed E-state index contributed by atoms with van der Waals surface area (Å²) in [5.41, 5.74) is 0.198. The lowest BCUT2D eigenvalue weighted by atomic mass is 10.1. The Hall–Kier alpha value is -4.15. The summed E-state index contributed by atoms with van der Waals surface area (Å²) in [6, 6.07) is 10.9. The average Bonchev–Trinajstić information content (AvgIpc) is 3.32. The number of hydrogen-bond acceptors (Lipinski definition) is 10. The molecule has 0 aliphatic rings. The Labute approximate surface area is 210 Å². The molecule has 0 atom stereocenters. The highest BCUT2D eigenvalue weighted by Crippen LogP contribution is 2.30. The van der Waals surface area contributed by atoms with Gasteiger partial charge in [-0.3, -0.25) is 10.1 Å². The Bertz CT molecular complexity index is 1470. The minimum Gasteiger partial charge on any atom is -0.493 e. The molecule has 1 aromatic heterocycles. The largest absolute Gasteiger partial charge is 0.493 e. The predicted molar refractivity (Wildman–Crippen MR) is 129 cm³/mol. The molecule has 0 spiro atoms. The zero-order valence-corrected chi connectivity index (χ0v) is 20.8. The van der Waals surface area contributed by atoms with Crippen molar-refractivity contribution in [3.05, 3.63) is 65.0 Å². The molecule has 0 unspecified atom stereocenters. The van der Waals surface area contributed by atoms with Gasteiger partial charge in [-0.2, -0.15) is 14.6 Å². The zero-order chi connectivity index (χ0) is 26.5. The summed E-state index contributed by atoms with van der Waals surface area (Å²) in [5.74, 6) is -1.84. The van der Waals surface area contributed by atoms with Gasteiger partial charge in [0.25, 0.3) is 11.1 Å². The second-order valence-electron chi connectivity index (χ2n) is 7.41. The Morgan fingerprint density at radius 3 is 2.47 bits per heavy atom. The van der Waals surface area contributed by atoms with E-state index in [0.717, 1.165) is 12.1 Å². The molecule has 0 fully saturated rings. The molecule has 3 rings (SSSR count). The van der Waals surface area contributed by atoms with Crippen molar-refractivity contribution in [3.63, 3.8) is 0 Å². The minimum absolute atomic E-state index is 0.0692. The predicted octanol–water partition coefficient (Wildman–Crippen LogP) is 3.63. The number of ether oxygens (including phenoxy) is 2. The molecule has 10 nitrogen and oxygen atoms in total. The smallest absolute Gasteiger partial charge is 0.343 e. The Balaban J connectivity index is 1.78. The number of sulfone groups is 1. The maximum absolute atomic E-state index is 13.1. The Kier molecular flexibility index (Phi) is 8.13. The van der Waals surface area contributed by atoms with E-state index >= 15 is 0 Å². The van der Waals surface area contributed by atoms with Gasteiger partial charge in [0.1, 0.15) is 17.5 Å². The van der Waals surface area contributed by atoms with E-state index in [1.54, 1.807) is 6.07 Å². The van der Waals surface area contributed by atoms with Crippen molar-refractivity contribution in [1.82, 2.24) is 9.36 Å². The fourth-order valence-corrected chi connectivity index (χ4v) is 4.37. The Morgan fingerprint density at radius 2 is 1.86 bits per heavy atom. The summed E-state index contributed by atoms with van der Waals surface area (Å²) < 4.78 is 51.7. The van der Waals surface area contributed by atoms with Gasteiger partial charge in [0.05, 0.1) is 17.9 Å². The van der Waals surface area contributed by atoms with Gasteiger partial charge in [-0.1, -0.05) is 6.07 Å². The summed E-state index contributed by atoms with van der Waals surface area (Å²) in [7, 11) is -2.37. The molecule has 0 aliphatic heterocycles. The number of anilines is 1. The van der Waals surface area contributed by atoms with Crippen LogP contribution in [0.3, 0.4) is 0 Å². The van der Waals surface area contributed by atoms with Crippen LogP contribution < -0.4 is 14.8 Å². The molecule has 3 aromatic rings. The van der Waals surface area contributed by atoms with Gasteiger partial charge in [0, 0.05) is 11.5 Å². The average molecular weight is 531 g/mol. The summed E-state index contributed by atoms with van der Waals surface area (Å²) >= 11 is 0.671. The molecule has 0 saturated heterocycles. The maximum atomic E-state index is 13.1. The number of hydrogen-bond donors (Lipinski definition) is 1. The van der Waals surface area contributed by atoms with Gasteiger partial charge in [-0.25, -0.2) is 17.6 Å². The normalized spacial score (nSPS) is 11.6. The molecule has 1 heterocycles. The minimum atomic E-state index is -3.72. The third-order valence-electron chi connectivity index (χ3n) is 4.65. The van der Waals surface area contributed by atoms with E-state index in [1.165, 1.54) is 57.4 Å². The van der Waals surface area contributed by atoms with Crippen LogP contribution in [0.25, 0.3) is 6.08 Å². The van der Waals surface area contributed by atoms with Crippen molar-refractivity contribution in [2.45, 2.75) is 24.3 Å². The van der Waals surface area contributed by atoms with E-state index in [1.807, 2.05) is 0 Å². The number of esters is 1. The molecular weight excluding hydrogens is 511 g/mol. The van der Waals surface area contributed by atoms with Gasteiger partial charge < -0.3 is 9.47 Å². The zero-order valence-electron chi connectivity index (χ0n) is 19.2. The summed E-state index contributed by atoms with van der Waals surface area (Å²) in [6.45, 7) is 2.96. The first-order chi connectivity index (χ1) is 17.0. The van der Waals surface area contributed by atoms with Crippen LogP contribution in [-0.2, 0) is 14.6 Å². The number of rotatable bonds is 8. The van der Waals surface area contributed by atoms with Crippen LogP contribution >= 0.6 is 11.5 Å². The molecule has 36 heavy (non-hydrogen) atoms. The van der Waals surface area contributed by atoms with E-state index in [0.29, 0.717) is 17.1 Å². The van der Waals surface area contributed by atoms with Crippen molar-refractivity contribution in [2.24, 2.45) is 0 Å². The van der Waals surface area contributed by atoms with Crippen molar-refractivity contribution < 1.29 is 31.9 Å². The fourth-order valence-electron chi connectivity index (χ4n) is 2.67. The van der Waals surface area contributed by atoms with E-state index in [2.05, 4.69) is 14.7 Å². The number of nitriles is 1. The molecule has 0 aliphatic carbocycles. The molecule has 1 amide bonds. The highest BCUT2D eigenvalue weighted by Gasteiger charge is 2.25. The first-order valence-corrected chi connectivity index (χ1v) is 12.5. The third-order valence-corrected chi connectivity index (χ3v) is 7.33. The summed E-state index contributed by atoms with van der Waals surface area (Å²) in [4.78, 5) is 28.7. The molecule has 2 aromatic carbocycles. The number of carbonyl (C=O) groups excluding carboxylic acids is 2. The summed E-state index contributed by atoms with van der Waals surface area (Å²) in [5, 5.41) is 10.6.